The van der Waals surface area contributed by atoms with Gasteiger partial charge in [-0.25, -0.2) is 0 Å². The van der Waals surface area contributed by atoms with E-state index in [1.807, 2.05) is 91.0 Å². The molecule has 4 unspecified atom stereocenters. The number of nitrogens with one attached hydrogen (secondary N) is 1. The van der Waals surface area contributed by atoms with Crippen LogP contribution >= 0.6 is 0 Å². The van der Waals surface area contributed by atoms with E-state index in [9.17, 15) is 15.3 Å². The van der Waals surface area contributed by atoms with E-state index in [0.717, 1.165) is 11.1 Å². The summed E-state index contributed by atoms with van der Waals surface area (Å²) in [5, 5.41) is 34.9. The van der Waals surface area contributed by atoms with Crippen LogP contribution in [-0.4, -0.2) is 28.0 Å². The third kappa shape index (κ3) is 4.81. The maximum Gasteiger partial charge on any atom is 0.0984 e. The highest BCUT2D eigenvalue weighted by atomic mass is 16.3. The fourth-order valence-electron chi connectivity index (χ4n) is 3.23. The first kappa shape index (κ1) is 19.3. The topological polar surface area (TPSA) is 72.7 Å². The number of hydrogen-bond acceptors (Lipinski definition) is 4. The summed E-state index contributed by atoms with van der Waals surface area (Å²) < 4.78 is 0. The molecule has 0 aliphatic heterocycles. The zero-order valence-corrected chi connectivity index (χ0v) is 15.0. The van der Waals surface area contributed by atoms with Crippen molar-refractivity contribution in [3.63, 3.8) is 0 Å². The Balaban J connectivity index is 1.88. The summed E-state index contributed by atoms with van der Waals surface area (Å²) in [6, 6.07) is 27.1. The van der Waals surface area contributed by atoms with E-state index in [-0.39, 0.29) is 6.61 Å². The number of hydrogen-bond donors (Lipinski definition) is 4. The molecule has 0 saturated carbocycles. The molecule has 4 heteroatoms. The smallest absolute Gasteiger partial charge is 0.0984 e. The molecule has 0 fully saturated rings. The monoisotopic (exact) mass is 363 g/mol. The quantitative estimate of drug-likeness (QED) is 0.496. The summed E-state index contributed by atoms with van der Waals surface area (Å²) in [5.41, 5.74) is 2.36. The Hall–Kier alpha value is -2.50. The van der Waals surface area contributed by atoms with Crippen molar-refractivity contribution in [1.82, 2.24) is 5.32 Å². The first-order valence-electron chi connectivity index (χ1n) is 9.08. The molecule has 0 amide bonds. The maximum absolute atomic E-state index is 11.0. The van der Waals surface area contributed by atoms with Gasteiger partial charge in [-0.2, -0.15) is 0 Å². The Labute approximate surface area is 159 Å². The molecule has 0 aromatic heterocycles. The molecule has 0 spiro atoms. The second-order valence-corrected chi connectivity index (χ2v) is 6.56. The van der Waals surface area contributed by atoms with Crippen LogP contribution in [0, 0.1) is 0 Å². The van der Waals surface area contributed by atoms with Crippen LogP contribution in [0.25, 0.3) is 0 Å². The van der Waals surface area contributed by atoms with Crippen LogP contribution in [0.5, 0.6) is 0 Å². The summed E-state index contributed by atoms with van der Waals surface area (Å²) in [4.78, 5) is 0. The van der Waals surface area contributed by atoms with Gasteiger partial charge in [-0.05, 0) is 16.7 Å². The van der Waals surface area contributed by atoms with Gasteiger partial charge in [0.25, 0.3) is 0 Å². The van der Waals surface area contributed by atoms with Gasteiger partial charge < -0.3 is 15.3 Å². The van der Waals surface area contributed by atoms with E-state index in [1.54, 1.807) is 0 Å². The summed E-state index contributed by atoms with van der Waals surface area (Å²) >= 11 is 0. The first-order chi connectivity index (χ1) is 13.2. The molecular formula is C23H25NO3. The van der Waals surface area contributed by atoms with Gasteiger partial charge in [0, 0.05) is 0 Å². The van der Waals surface area contributed by atoms with E-state index in [4.69, 9.17) is 0 Å². The van der Waals surface area contributed by atoms with Gasteiger partial charge in [0.2, 0.25) is 0 Å². The molecule has 3 rings (SSSR count). The largest absolute Gasteiger partial charge is 0.395 e. The summed E-state index contributed by atoms with van der Waals surface area (Å²) in [5.74, 6) is 0. The second kappa shape index (κ2) is 9.44. The zero-order chi connectivity index (χ0) is 19.1. The zero-order valence-electron chi connectivity index (χ0n) is 15.0. The van der Waals surface area contributed by atoms with Crippen molar-refractivity contribution in [2.75, 3.05) is 6.61 Å². The van der Waals surface area contributed by atoms with Crippen LogP contribution in [0.2, 0.25) is 0 Å². The lowest BCUT2D eigenvalue weighted by atomic mass is 9.93. The molecule has 0 aliphatic rings. The van der Waals surface area contributed by atoms with Crippen molar-refractivity contribution in [2.24, 2.45) is 0 Å². The minimum absolute atomic E-state index is 0.263. The van der Waals surface area contributed by atoms with Crippen molar-refractivity contribution >= 4 is 0 Å². The van der Waals surface area contributed by atoms with E-state index in [2.05, 4.69) is 5.32 Å². The van der Waals surface area contributed by atoms with Crippen LogP contribution in [0.15, 0.2) is 91.0 Å². The van der Waals surface area contributed by atoms with Gasteiger partial charge in [0.1, 0.15) is 0 Å². The molecule has 0 radical (unpaired) electrons. The SMILES string of the molecule is OCC(NC(c1ccccc1)C(O)c1ccccc1)C(O)c1ccccc1. The minimum Gasteiger partial charge on any atom is -0.395 e. The molecule has 3 aromatic rings. The Kier molecular flexibility index (Phi) is 6.74. The predicted octanol–water partition coefficient (Wildman–Crippen LogP) is 3.15. The molecule has 0 saturated heterocycles. The van der Waals surface area contributed by atoms with E-state index in [0.29, 0.717) is 5.56 Å². The molecule has 4 nitrogen and oxygen atoms in total. The lowest BCUT2D eigenvalue weighted by Crippen LogP contribution is -2.42. The van der Waals surface area contributed by atoms with E-state index in [1.165, 1.54) is 0 Å². The molecule has 0 aliphatic carbocycles. The average Bonchev–Trinajstić information content (AvgIpc) is 2.75. The predicted molar refractivity (Wildman–Crippen MR) is 106 cm³/mol. The van der Waals surface area contributed by atoms with Crippen molar-refractivity contribution in [1.29, 1.82) is 0 Å². The van der Waals surface area contributed by atoms with Crippen molar-refractivity contribution in [3.8, 4) is 0 Å². The van der Waals surface area contributed by atoms with E-state index >= 15 is 0 Å². The van der Waals surface area contributed by atoms with Crippen molar-refractivity contribution < 1.29 is 15.3 Å². The van der Waals surface area contributed by atoms with Crippen molar-refractivity contribution in [2.45, 2.75) is 24.3 Å². The normalized spacial score (nSPS) is 15.7. The molecule has 140 valence electrons. The van der Waals surface area contributed by atoms with Gasteiger partial charge >= 0.3 is 0 Å². The average molecular weight is 363 g/mol. The molecule has 4 atom stereocenters. The van der Waals surface area contributed by atoms with Crippen LogP contribution in [-0.2, 0) is 0 Å². The molecule has 0 bridgehead atoms. The fourth-order valence-corrected chi connectivity index (χ4v) is 3.23. The van der Waals surface area contributed by atoms with E-state index < -0.39 is 24.3 Å². The Morgan fingerprint density at radius 3 is 1.44 bits per heavy atom. The maximum atomic E-state index is 11.0. The third-order valence-electron chi connectivity index (χ3n) is 4.73. The number of aliphatic hydroxyl groups is 3. The minimum atomic E-state index is -0.898. The molecule has 0 heterocycles. The van der Waals surface area contributed by atoms with Crippen molar-refractivity contribution in [3.05, 3.63) is 108 Å². The summed E-state index contributed by atoms with van der Waals surface area (Å²) in [6.07, 6.45) is -1.73. The number of benzene rings is 3. The van der Waals surface area contributed by atoms with Gasteiger partial charge in [-0.3, -0.25) is 5.32 Å². The highest BCUT2D eigenvalue weighted by molar-refractivity contribution is 5.27. The highest BCUT2D eigenvalue weighted by Gasteiger charge is 2.29. The van der Waals surface area contributed by atoms with Gasteiger partial charge in [0.05, 0.1) is 30.9 Å². The second-order valence-electron chi connectivity index (χ2n) is 6.56. The Morgan fingerprint density at radius 2 is 1.00 bits per heavy atom. The molecule has 3 aromatic carbocycles. The van der Waals surface area contributed by atoms with Gasteiger partial charge in [0.15, 0.2) is 0 Å². The number of aliphatic hydroxyl groups excluding tert-OH is 3. The molecule has 27 heavy (non-hydrogen) atoms. The summed E-state index contributed by atoms with van der Waals surface area (Å²) in [6.45, 7) is -0.263. The lowest BCUT2D eigenvalue weighted by Gasteiger charge is -2.31. The Bertz CT molecular complexity index is 796. The third-order valence-corrected chi connectivity index (χ3v) is 4.73. The van der Waals surface area contributed by atoms with Crippen LogP contribution < -0.4 is 5.32 Å². The number of rotatable bonds is 8. The lowest BCUT2D eigenvalue weighted by molar-refractivity contribution is 0.0565. The van der Waals surface area contributed by atoms with Gasteiger partial charge in [-0.15, -0.1) is 0 Å². The Morgan fingerprint density at radius 1 is 0.593 bits per heavy atom. The summed E-state index contributed by atoms with van der Waals surface area (Å²) in [7, 11) is 0. The molecule has 4 N–H and O–H groups in total. The molecular weight excluding hydrogens is 338 g/mol. The van der Waals surface area contributed by atoms with Crippen LogP contribution in [0.1, 0.15) is 34.9 Å². The van der Waals surface area contributed by atoms with Crippen LogP contribution in [0.3, 0.4) is 0 Å². The fraction of sp³-hybridized carbons (Fsp3) is 0.217. The standard InChI is InChI=1S/C23H25NO3/c25-16-20(22(26)18-12-6-2-7-13-18)24-21(17-10-4-1-5-11-17)23(27)19-14-8-3-9-15-19/h1-15,20-27H,16H2. The van der Waals surface area contributed by atoms with Crippen LogP contribution in [0.4, 0.5) is 0 Å². The highest BCUT2D eigenvalue weighted by Crippen LogP contribution is 2.30. The first-order valence-corrected chi connectivity index (χ1v) is 9.08. The van der Waals surface area contributed by atoms with Gasteiger partial charge in [-0.1, -0.05) is 91.0 Å².